The average Bonchev–Trinajstić information content (AvgIpc) is 2.87. The summed E-state index contributed by atoms with van der Waals surface area (Å²) in [6, 6.07) is 0. The lowest BCUT2D eigenvalue weighted by Gasteiger charge is -2.26. The van der Waals surface area contributed by atoms with Gasteiger partial charge in [-0.2, -0.15) is 0 Å². The van der Waals surface area contributed by atoms with Gasteiger partial charge in [0.25, 0.3) is 5.91 Å². The van der Waals surface area contributed by atoms with Gasteiger partial charge in [-0.15, -0.1) is 11.3 Å². The number of hydrogen-bond donors (Lipinski definition) is 2. The third-order valence-electron chi connectivity index (χ3n) is 5.54. The number of fused-ring (bicyclic) bond motifs is 1. The number of rotatable bonds is 6. The first-order valence-corrected chi connectivity index (χ1v) is 11.7. The number of quaternary nitrogens is 1. The number of carbonyl (C=O) groups is 3. The molecule has 1 saturated heterocycles. The first-order chi connectivity index (χ1) is 14.5. The zero-order chi connectivity index (χ0) is 21.5. The number of amides is 2. The lowest BCUT2D eigenvalue weighted by molar-refractivity contribution is -0.890. The molecule has 30 heavy (non-hydrogen) atoms. The number of nitrogens with one attached hydrogen (secondary N) is 2. The molecule has 0 aromatic carbocycles. The van der Waals surface area contributed by atoms with Gasteiger partial charge < -0.3 is 24.6 Å². The lowest BCUT2D eigenvalue weighted by Crippen LogP contribution is -3.12. The van der Waals surface area contributed by atoms with E-state index in [0.29, 0.717) is 43.2 Å². The van der Waals surface area contributed by atoms with Crippen LogP contribution in [0.5, 0.6) is 0 Å². The van der Waals surface area contributed by atoms with Crippen LogP contribution in [0.15, 0.2) is 0 Å². The van der Waals surface area contributed by atoms with Gasteiger partial charge in [-0.05, 0) is 51.5 Å². The van der Waals surface area contributed by atoms with Crippen molar-refractivity contribution in [3.05, 3.63) is 16.0 Å². The summed E-state index contributed by atoms with van der Waals surface area (Å²) >= 11 is 1.36. The van der Waals surface area contributed by atoms with E-state index in [1.54, 1.807) is 18.7 Å². The van der Waals surface area contributed by atoms with Crippen LogP contribution in [-0.2, 0) is 27.2 Å². The highest BCUT2D eigenvalue weighted by Gasteiger charge is 2.32. The summed E-state index contributed by atoms with van der Waals surface area (Å²) in [6.45, 7) is 7.39. The van der Waals surface area contributed by atoms with Gasteiger partial charge in [-0.3, -0.25) is 4.79 Å². The van der Waals surface area contributed by atoms with E-state index in [9.17, 15) is 14.4 Å². The number of thiophene rings is 1. The van der Waals surface area contributed by atoms with Crippen molar-refractivity contribution in [2.24, 2.45) is 0 Å². The average molecular weight is 439 g/mol. The molecule has 8 nitrogen and oxygen atoms in total. The molecule has 166 valence electrons. The van der Waals surface area contributed by atoms with Crippen LogP contribution < -0.4 is 10.2 Å². The van der Waals surface area contributed by atoms with Crippen LogP contribution in [-0.4, -0.2) is 62.3 Å². The first kappa shape index (κ1) is 22.6. The van der Waals surface area contributed by atoms with E-state index in [0.717, 1.165) is 36.4 Å². The molecule has 3 heterocycles. The van der Waals surface area contributed by atoms with Crippen molar-refractivity contribution in [2.75, 3.05) is 44.7 Å². The summed E-state index contributed by atoms with van der Waals surface area (Å²) in [5, 5.41) is 3.50. The molecular formula is C21H32N3O5S+. The van der Waals surface area contributed by atoms with Gasteiger partial charge in [0.15, 0.2) is 6.54 Å². The molecular weight excluding hydrogens is 406 g/mol. The van der Waals surface area contributed by atoms with Gasteiger partial charge in [0.05, 0.1) is 38.4 Å². The topological polar surface area (TPSA) is 89.4 Å². The summed E-state index contributed by atoms with van der Waals surface area (Å²) in [5.74, 6) is -0.504. The minimum atomic E-state index is -0.419. The summed E-state index contributed by atoms with van der Waals surface area (Å²) in [4.78, 5) is 41.3. The molecule has 0 spiro atoms. The molecule has 1 fully saturated rings. The molecule has 2 aliphatic rings. The predicted octanol–water partition coefficient (Wildman–Crippen LogP) is 1.84. The third kappa shape index (κ3) is 5.51. The Morgan fingerprint density at radius 3 is 2.43 bits per heavy atom. The van der Waals surface area contributed by atoms with Crippen molar-refractivity contribution in [3.8, 4) is 0 Å². The Kier molecular flexibility index (Phi) is 8.09. The zero-order valence-electron chi connectivity index (χ0n) is 17.9. The number of anilines is 1. The quantitative estimate of drug-likeness (QED) is 0.662. The summed E-state index contributed by atoms with van der Waals surface area (Å²) < 4.78 is 10.4. The molecule has 2 N–H and O–H groups in total. The number of hydrogen-bond acceptors (Lipinski definition) is 6. The molecule has 0 bridgehead atoms. The number of esters is 1. The predicted molar refractivity (Wildman–Crippen MR) is 114 cm³/mol. The molecule has 1 aromatic rings. The highest BCUT2D eigenvalue weighted by atomic mass is 32.1. The highest BCUT2D eigenvalue weighted by molar-refractivity contribution is 7.17. The largest absolute Gasteiger partial charge is 0.462 e. The summed E-state index contributed by atoms with van der Waals surface area (Å²) in [5.41, 5.74) is 1.32. The Hall–Kier alpha value is -2.13. The third-order valence-corrected chi connectivity index (χ3v) is 6.67. The SMILES string of the molecule is CCOC(=O)c1c(NC(=O)C[NH+]2CCCCCC2)sc2c1CCN(C(=O)OCC)C2. The minimum Gasteiger partial charge on any atom is -0.462 e. The standard InChI is InChI=1S/C21H31N3O5S/c1-3-28-20(26)18-15-9-12-24(21(27)29-4-2)13-16(15)30-19(18)22-17(25)14-23-10-7-5-6-8-11-23/h3-14H2,1-2H3,(H,22,25)/p+1. The van der Waals surface area contributed by atoms with Crippen LogP contribution in [0.25, 0.3) is 0 Å². The van der Waals surface area contributed by atoms with E-state index in [-0.39, 0.29) is 18.6 Å². The van der Waals surface area contributed by atoms with Gasteiger partial charge in [0, 0.05) is 11.4 Å². The Morgan fingerprint density at radius 2 is 1.77 bits per heavy atom. The highest BCUT2D eigenvalue weighted by Crippen LogP contribution is 2.37. The first-order valence-electron chi connectivity index (χ1n) is 10.9. The van der Waals surface area contributed by atoms with Crippen molar-refractivity contribution >= 4 is 34.3 Å². The van der Waals surface area contributed by atoms with E-state index in [4.69, 9.17) is 9.47 Å². The fraction of sp³-hybridized carbons (Fsp3) is 0.667. The maximum absolute atomic E-state index is 12.7. The molecule has 3 rings (SSSR count). The van der Waals surface area contributed by atoms with E-state index in [2.05, 4.69) is 5.32 Å². The van der Waals surface area contributed by atoms with E-state index in [1.807, 2.05) is 0 Å². The Labute approximate surface area is 181 Å². The molecule has 2 amide bonds. The minimum absolute atomic E-state index is 0.0849. The van der Waals surface area contributed by atoms with E-state index < -0.39 is 5.97 Å². The fourth-order valence-electron chi connectivity index (χ4n) is 4.08. The van der Waals surface area contributed by atoms with Crippen LogP contribution in [0.3, 0.4) is 0 Å². The van der Waals surface area contributed by atoms with Crippen molar-refractivity contribution in [3.63, 3.8) is 0 Å². The molecule has 1 aromatic heterocycles. The summed E-state index contributed by atoms with van der Waals surface area (Å²) in [6.07, 6.45) is 4.93. The second-order valence-electron chi connectivity index (χ2n) is 7.69. The lowest BCUT2D eigenvalue weighted by atomic mass is 10.0. The van der Waals surface area contributed by atoms with Crippen molar-refractivity contribution in [1.29, 1.82) is 0 Å². The Bertz CT molecular complexity index is 771. The normalized spacial score (nSPS) is 17.1. The van der Waals surface area contributed by atoms with Crippen LogP contribution >= 0.6 is 11.3 Å². The second-order valence-corrected chi connectivity index (χ2v) is 8.79. The smallest absolute Gasteiger partial charge is 0.410 e. The van der Waals surface area contributed by atoms with Gasteiger partial charge in [0.2, 0.25) is 0 Å². The molecule has 0 atom stereocenters. The molecule has 0 unspecified atom stereocenters. The number of ether oxygens (including phenoxy) is 2. The Balaban J connectivity index is 1.76. The van der Waals surface area contributed by atoms with Gasteiger partial charge >= 0.3 is 12.1 Å². The van der Waals surface area contributed by atoms with Crippen LogP contribution in [0.4, 0.5) is 9.80 Å². The maximum atomic E-state index is 12.7. The van der Waals surface area contributed by atoms with Gasteiger partial charge in [0.1, 0.15) is 5.00 Å². The van der Waals surface area contributed by atoms with Crippen LogP contribution in [0.2, 0.25) is 0 Å². The number of carbonyl (C=O) groups excluding carboxylic acids is 3. The maximum Gasteiger partial charge on any atom is 0.410 e. The Morgan fingerprint density at radius 1 is 1.07 bits per heavy atom. The monoisotopic (exact) mass is 438 g/mol. The van der Waals surface area contributed by atoms with Crippen LogP contribution in [0.1, 0.15) is 60.3 Å². The molecule has 0 aliphatic carbocycles. The zero-order valence-corrected chi connectivity index (χ0v) is 18.7. The van der Waals surface area contributed by atoms with Crippen LogP contribution in [0, 0.1) is 0 Å². The molecule has 0 radical (unpaired) electrons. The molecule has 0 saturated carbocycles. The summed E-state index contributed by atoms with van der Waals surface area (Å²) in [7, 11) is 0. The van der Waals surface area contributed by atoms with Crippen molar-refractivity contribution < 1.29 is 28.8 Å². The van der Waals surface area contributed by atoms with E-state index in [1.165, 1.54) is 29.1 Å². The van der Waals surface area contributed by atoms with Gasteiger partial charge in [-0.25, -0.2) is 9.59 Å². The number of likely N-dealkylation sites (tertiary alicyclic amines) is 1. The molecule has 9 heteroatoms. The number of nitrogens with zero attached hydrogens (tertiary/aromatic N) is 1. The molecule has 2 aliphatic heterocycles. The van der Waals surface area contributed by atoms with E-state index >= 15 is 0 Å². The van der Waals surface area contributed by atoms with Gasteiger partial charge in [-0.1, -0.05) is 0 Å². The second kappa shape index (κ2) is 10.8. The van der Waals surface area contributed by atoms with Crippen molar-refractivity contribution in [2.45, 2.75) is 52.5 Å². The fourth-order valence-corrected chi connectivity index (χ4v) is 5.35. The van der Waals surface area contributed by atoms with Crippen molar-refractivity contribution in [1.82, 2.24) is 4.90 Å².